The summed E-state index contributed by atoms with van der Waals surface area (Å²) >= 11 is 5.99. The van der Waals surface area contributed by atoms with E-state index in [1.54, 1.807) is 0 Å². The van der Waals surface area contributed by atoms with Crippen LogP contribution in [0.25, 0.3) is 0 Å². The van der Waals surface area contributed by atoms with Gasteiger partial charge >= 0.3 is 0 Å². The molecular formula is C14H25ClO. The fraction of sp³-hybridized carbons (Fsp3) is 1.00. The average molecular weight is 245 g/mol. The maximum atomic E-state index is 6.37. The van der Waals surface area contributed by atoms with Gasteiger partial charge in [-0.3, -0.25) is 0 Å². The highest BCUT2D eigenvalue weighted by molar-refractivity contribution is 6.18. The summed E-state index contributed by atoms with van der Waals surface area (Å²) in [6, 6.07) is 0. The van der Waals surface area contributed by atoms with E-state index in [4.69, 9.17) is 16.3 Å². The fourth-order valence-corrected chi connectivity index (χ4v) is 3.38. The number of alkyl halides is 1. The van der Waals surface area contributed by atoms with Gasteiger partial charge in [-0.15, -0.1) is 11.6 Å². The molecule has 2 aliphatic rings. The van der Waals surface area contributed by atoms with Crippen LogP contribution < -0.4 is 0 Å². The summed E-state index contributed by atoms with van der Waals surface area (Å²) in [6.45, 7) is 4.49. The van der Waals surface area contributed by atoms with E-state index in [-0.39, 0.29) is 11.0 Å². The predicted molar refractivity (Wildman–Crippen MR) is 69.0 cm³/mol. The third kappa shape index (κ3) is 2.92. The molecule has 1 spiro atoms. The molecule has 0 bridgehead atoms. The Morgan fingerprint density at radius 3 is 2.50 bits per heavy atom. The number of halogens is 1. The SMILES string of the molecule is CC(C)(CCl)CC1CCC2(CCCCC2)O1. The summed E-state index contributed by atoms with van der Waals surface area (Å²) < 4.78 is 6.37. The topological polar surface area (TPSA) is 9.23 Å². The van der Waals surface area contributed by atoms with Crippen LogP contribution in [0.2, 0.25) is 0 Å². The molecule has 1 aliphatic carbocycles. The highest BCUT2D eigenvalue weighted by Crippen LogP contribution is 2.44. The van der Waals surface area contributed by atoms with Crippen LogP contribution in [0.15, 0.2) is 0 Å². The first-order valence-corrected chi connectivity index (χ1v) is 7.33. The summed E-state index contributed by atoms with van der Waals surface area (Å²) in [5, 5.41) is 0. The van der Waals surface area contributed by atoms with Crippen molar-refractivity contribution in [2.24, 2.45) is 5.41 Å². The minimum atomic E-state index is 0.229. The minimum Gasteiger partial charge on any atom is -0.372 e. The van der Waals surface area contributed by atoms with E-state index in [1.165, 1.54) is 44.9 Å². The van der Waals surface area contributed by atoms with Crippen LogP contribution in [0.4, 0.5) is 0 Å². The molecule has 0 radical (unpaired) electrons. The van der Waals surface area contributed by atoms with Crippen molar-refractivity contribution in [2.75, 3.05) is 5.88 Å². The van der Waals surface area contributed by atoms with Gasteiger partial charge in [-0.05, 0) is 37.5 Å². The third-order valence-corrected chi connectivity index (χ3v) is 4.97. The molecule has 0 amide bonds. The van der Waals surface area contributed by atoms with Crippen molar-refractivity contribution in [3.63, 3.8) is 0 Å². The van der Waals surface area contributed by atoms with Gasteiger partial charge in [0.2, 0.25) is 0 Å². The van der Waals surface area contributed by atoms with E-state index < -0.39 is 0 Å². The summed E-state index contributed by atoms with van der Waals surface area (Å²) in [5.41, 5.74) is 0.498. The molecule has 1 unspecified atom stereocenters. The lowest BCUT2D eigenvalue weighted by molar-refractivity contribution is -0.0733. The number of ether oxygens (including phenoxy) is 1. The van der Waals surface area contributed by atoms with Crippen LogP contribution in [0.5, 0.6) is 0 Å². The summed E-state index contributed by atoms with van der Waals surface area (Å²) in [5.74, 6) is 0.736. The van der Waals surface area contributed by atoms with Crippen molar-refractivity contribution >= 4 is 11.6 Å². The lowest BCUT2D eigenvalue weighted by atomic mass is 9.82. The Morgan fingerprint density at radius 2 is 1.88 bits per heavy atom. The number of hydrogen-bond acceptors (Lipinski definition) is 1. The first-order chi connectivity index (χ1) is 7.55. The standard InChI is InChI=1S/C14H25ClO/c1-13(2,11-15)10-12-6-9-14(16-12)7-4-3-5-8-14/h12H,3-11H2,1-2H3. The van der Waals surface area contributed by atoms with E-state index in [0.717, 1.165) is 12.3 Å². The van der Waals surface area contributed by atoms with Gasteiger partial charge < -0.3 is 4.74 Å². The molecule has 0 N–H and O–H groups in total. The summed E-state index contributed by atoms with van der Waals surface area (Å²) in [7, 11) is 0. The molecule has 2 rings (SSSR count). The van der Waals surface area contributed by atoms with E-state index in [2.05, 4.69) is 13.8 Å². The smallest absolute Gasteiger partial charge is 0.0687 e. The van der Waals surface area contributed by atoms with Crippen LogP contribution in [0.3, 0.4) is 0 Å². The maximum Gasteiger partial charge on any atom is 0.0687 e. The molecule has 16 heavy (non-hydrogen) atoms. The lowest BCUT2D eigenvalue weighted by Crippen LogP contribution is -2.32. The van der Waals surface area contributed by atoms with Crippen LogP contribution in [-0.2, 0) is 4.74 Å². The number of hydrogen-bond donors (Lipinski definition) is 0. The Morgan fingerprint density at radius 1 is 1.19 bits per heavy atom. The first kappa shape index (κ1) is 12.7. The Labute approximate surface area is 105 Å². The fourth-order valence-electron chi connectivity index (χ4n) is 3.27. The maximum absolute atomic E-state index is 6.37. The van der Waals surface area contributed by atoms with Crippen LogP contribution in [0, 0.1) is 5.41 Å². The molecule has 1 heterocycles. The Kier molecular flexibility index (Phi) is 3.86. The molecular weight excluding hydrogens is 220 g/mol. The summed E-state index contributed by atoms with van der Waals surface area (Å²) in [4.78, 5) is 0. The molecule has 94 valence electrons. The quantitative estimate of drug-likeness (QED) is 0.663. The van der Waals surface area contributed by atoms with Gasteiger partial charge in [-0.2, -0.15) is 0 Å². The van der Waals surface area contributed by atoms with E-state index in [9.17, 15) is 0 Å². The molecule has 0 aromatic carbocycles. The molecule has 1 saturated carbocycles. The Balaban J connectivity index is 1.87. The van der Waals surface area contributed by atoms with Crippen molar-refractivity contribution in [3.05, 3.63) is 0 Å². The van der Waals surface area contributed by atoms with E-state index in [0.29, 0.717) is 6.10 Å². The molecule has 0 aromatic heterocycles. The zero-order chi connectivity index (χ0) is 11.6. The highest BCUT2D eigenvalue weighted by Gasteiger charge is 2.41. The molecule has 1 saturated heterocycles. The van der Waals surface area contributed by atoms with Crippen molar-refractivity contribution in [1.29, 1.82) is 0 Å². The van der Waals surface area contributed by atoms with Gasteiger partial charge in [0.05, 0.1) is 11.7 Å². The zero-order valence-electron chi connectivity index (χ0n) is 10.7. The molecule has 1 atom stereocenters. The third-order valence-electron chi connectivity index (χ3n) is 4.25. The molecule has 2 heteroatoms. The van der Waals surface area contributed by atoms with Crippen molar-refractivity contribution in [1.82, 2.24) is 0 Å². The molecule has 1 aliphatic heterocycles. The monoisotopic (exact) mass is 244 g/mol. The van der Waals surface area contributed by atoms with E-state index >= 15 is 0 Å². The van der Waals surface area contributed by atoms with E-state index in [1.807, 2.05) is 0 Å². The Bertz CT molecular complexity index is 231. The van der Waals surface area contributed by atoms with Crippen LogP contribution in [0.1, 0.15) is 65.2 Å². The van der Waals surface area contributed by atoms with Crippen LogP contribution in [-0.4, -0.2) is 17.6 Å². The Hall–Kier alpha value is 0.250. The molecule has 0 aromatic rings. The van der Waals surface area contributed by atoms with Gasteiger partial charge in [0, 0.05) is 5.88 Å². The van der Waals surface area contributed by atoms with Crippen LogP contribution >= 0.6 is 11.6 Å². The van der Waals surface area contributed by atoms with Gasteiger partial charge in [0.25, 0.3) is 0 Å². The lowest BCUT2D eigenvalue weighted by Gasteiger charge is -2.34. The normalized spacial score (nSPS) is 29.8. The predicted octanol–water partition coefficient (Wildman–Crippen LogP) is 4.52. The average Bonchev–Trinajstić information content (AvgIpc) is 2.62. The van der Waals surface area contributed by atoms with Gasteiger partial charge in [-0.1, -0.05) is 33.1 Å². The largest absolute Gasteiger partial charge is 0.372 e. The van der Waals surface area contributed by atoms with Crippen molar-refractivity contribution in [2.45, 2.75) is 76.9 Å². The highest BCUT2D eigenvalue weighted by atomic mass is 35.5. The minimum absolute atomic E-state index is 0.229. The second-order valence-electron chi connectivity index (χ2n) is 6.52. The second kappa shape index (κ2) is 4.86. The van der Waals surface area contributed by atoms with Crippen molar-refractivity contribution in [3.8, 4) is 0 Å². The van der Waals surface area contributed by atoms with Gasteiger partial charge in [-0.25, -0.2) is 0 Å². The molecule has 2 fully saturated rings. The first-order valence-electron chi connectivity index (χ1n) is 6.79. The second-order valence-corrected chi connectivity index (χ2v) is 6.79. The zero-order valence-corrected chi connectivity index (χ0v) is 11.5. The van der Waals surface area contributed by atoms with Crippen molar-refractivity contribution < 1.29 is 4.74 Å². The molecule has 1 nitrogen and oxygen atoms in total. The van der Waals surface area contributed by atoms with Gasteiger partial charge in [0.1, 0.15) is 0 Å². The summed E-state index contributed by atoms with van der Waals surface area (Å²) in [6.07, 6.45) is 10.9. The van der Waals surface area contributed by atoms with Gasteiger partial charge in [0.15, 0.2) is 0 Å². The number of rotatable bonds is 3.